The van der Waals surface area contributed by atoms with Crippen molar-refractivity contribution >= 4 is 15.6 Å². The number of aromatic nitrogens is 2. The average molecular weight is 423 g/mol. The highest BCUT2D eigenvalue weighted by atomic mass is 32.2. The molecular formula is C21H27FN2O4S. The monoisotopic (exact) mass is 422 g/mol. The first-order chi connectivity index (χ1) is 13.6. The number of hydrogen-bond donors (Lipinski definition) is 0. The van der Waals surface area contributed by atoms with E-state index in [-0.39, 0.29) is 35.6 Å². The summed E-state index contributed by atoms with van der Waals surface area (Å²) in [6.45, 7) is 8.87. The topological polar surface area (TPSA) is 78.3 Å². The normalized spacial score (nSPS) is 14.4. The Morgan fingerprint density at radius 3 is 2.41 bits per heavy atom. The van der Waals surface area contributed by atoms with Crippen LogP contribution < -0.4 is 0 Å². The van der Waals surface area contributed by atoms with Crippen molar-refractivity contribution in [2.75, 3.05) is 12.4 Å². The van der Waals surface area contributed by atoms with E-state index in [2.05, 4.69) is 5.10 Å². The quantitative estimate of drug-likeness (QED) is 0.684. The summed E-state index contributed by atoms with van der Waals surface area (Å²) in [4.78, 5) is 12.8. The number of halogens is 1. The molecule has 0 saturated heterocycles. The number of carbonyl (C=O) groups is 1. The van der Waals surface area contributed by atoms with Gasteiger partial charge in [0.15, 0.2) is 15.6 Å². The lowest BCUT2D eigenvalue weighted by molar-refractivity contribution is -0.116. The third-order valence-corrected chi connectivity index (χ3v) is 6.90. The van der Waals surface area contributed by atoms with Crippen LogP contribution in [-0.4, -0.2) is 36.3 Å². The minimum Gasteiger partial charge on any atom is -0.373 e. The van der Waals surface area contributed by atoms with Crippen molar-refractivity contribution in [3.63, 3.8) is 0 Å². The molecule has 2 aromatic rings. The van der Waals surface area contributed by atoms with E-state index < -0.39 is 21.4 Å². The fourth-order valence-corrected chi connectivity index (χ4v) is 5.18. The largest absolute Gasteiger partial charge is 0.373 e. The second kappa shape index (κ2) is 8.36. The molecular weight excluding hydrogens is 395 g/mol. The van der Waals surface area contributed by atoms with Gasteiger partial charge in [0.1, 0.15) is 16.5 Å². The van der Waals surface area contributed by atoms with Crippen LogP contribution in [0.25, 0.3) is 0 Å². The van der Waals surface area contributed by atoms with Crippen molar-refractivity contribution in [3.05, 3.63) is 46.5 Å². The van der Waals surface area contributed by atoms with Crippen molar-refractivity contribution in [1.29, 1.82) is 0 Å². The van der Waals surface area contributed by atoms with Crippen molar-refractivity contribution in [2.24, 2.45) is 0 Å². The average Bonchev–Trinajstić information content (AvgIpc) is 3.07. The van der Waals surface area contributed by atoms with Gasteiger partial charge in [-0.3, -0.25) is 9.48 Å². The van der Waals surface area contributed by atoms with Gasteiger partial charge in [-0.1, -0.05) is 27.7 Å². The van der Waals surface area contributed by atoms with Gasteiger partial charge in [-0.2, -0.15) is 5.10 Å². The maximum atomic E-state index is 14.1. The minimum atomic E-state index is -3.84. The van der Waals surface area contributed by atoms with E-state index in [1.54, 1.807) is 4.68 Å². The van der Waals surface area contributed by atoms with Gasteiger partial charge >= 0.3 is 0 Å². The number of sulfone groups is 1. The Kier molecular flexibility index (Phi) is 6.24. The summed E-state index contributed by atoms with van der Waals surface area (Å²) in [6, 6.07) is 2.89. The molecule has 2 heterocycles. The van der Waals surface area contributed by atoms with E-state index in [0.29, 0.717) is 18.8 Å². The number of rotatable bonds is 7. The molecule has 0 bridgehead atoms. The highest BCUT2D eigenvalue weighted by Gasteiger charge is 2.28. The van der Waals surface area contributed by atoms with E-state index in [1.165, 1.54) is 18.3 Å². The summed E-state index contributed by atoms with van der Waals surface area (Å²) >= 11 is 0. The lowest BCUT2D eigenvalue weighted by Crippen LogP contribution is -2.23. The number of ketones is 1. The van der Waals surface area contributed by atoms with Gasteiger partial charge in [0.2, 0.25) is 0 Å². The Morgan fingerprint density at radius 1 is 1.21 bits per heavy atom. The van der Waals surface area contributed by atoms with Gasteiger partial charge in [0.25, 0.3) is 0 Å². The van der Waals surface area contributed by atoms with Crippen molar-refractivity contribution in [1.82, 2.24) is 9.78 Å². The molecule has 0 amide bonds. The third kappa shape index (κ3) is 4.59. The van der Waals surface area contributed by atoms with Gasteiger partial charge in [-0.15, -0.1) is 0 Å². The zero-order valence-corrected chi connectivity index (χ0v) is 18.1. The zero-order valence-electron chi connectivity index (χ0n) is 17.2. The van der Waals surface area contributed by atoms with E-state index in [9.17, 15) is 17.6 Å². The molecule has 0 aliphatic carbocycles. The highest BCUT2D eigenvalue weighted by Crippen LogP contribution is 2.30. The summed E-state index contributed by atoms with van der Waals surface area (Å²) in [5.41, 5.74) is 2.71. The fourth-order valence-electron chi connectivity index (χ4n) is 3.76. The first-order valence-corrected chi connectivity index (χ1v) is 11.4. The van der Waals surface area contributed by atoms with Crippen LogP contribution in [0.2, 0.25) is 0 Å². The molecule has 1 aliphatic rings. The van der Waals surface area contributed by atoms with E-state index >= 15 is 0 Å². The maximum Gasteiger partial charge on any atom is 0.188 e. The van der Waals surface area contributed by atoms with Crippen LogP contribution in [-0.2, 0) is 38.9 Å². The molecule has 0 spiro atoms. The molecule has 1 aromatic carbocycles. The zero-order chi connectivity index (χ0) is 21.3. The molecule has 0 radical (unpaired) electrons. The molecule has 0 saturated carbocycles. The number of ether oxygens (including phenoxy) is 1. The summed E-state index contributed by atoms with van der Waals surface area (Å²) in [5.74, 6) is -1.34. The summed E-state index contributed by atoms with van der Waals surface area (Å²) < 4.78 is 46.8. The molecule has 0 fully saturated rings. The Balaban J connectivity index is 1.88. The first-order valence-electron chi connectivity index (χ1n) is 9.79. The number of hydrogen-bond acceptors (Lipinski definition) is 5. The number of nitrogens with zero attached hydrogens (tertiary/aromatic N) is 2. The molecule has 6 nitrogen and oxygen atoms in total. The molecule has 29 heavy (non-hydrogen) atoms. The van der Waals surface area contributed by atoms with Gasteiger partial charge in [-0.05, 0) is 40.7 Å². The van der Waals surface area contributed by atoms with Crippen molar-refractivity contribution in [3.8, 4) is 0 Å². The van der Waals surface area contributed by atoms with Crippen LogP contribution in [0.1, 0.15) is 61.9 Å². The molecule has 0 atom stereocenters. The second-order valence-corrected chi connectivity index (χ2v) is 10.0. The molecule has 158 valence electrons. The maximum absolute atomic E-state index is 14.1. The predicted molar refractivity (Wildman–Crippen MR) is 107 cm³/mol. The van der Waals surface area contributed by atoms with Crippen LogP contribution in [0.5, 0.6) is 0 Å². The van der Waals surface area contributed by atoms with Crippen LogP contribution in [0.15, 0.2) is 23.2 Å². The van der Waals surface area contributed by atoms with Gasteiger partial charge in [0, 0.05) is 6.42 Å². The SMILES string of the molecule is CC(C)c1cc(F)cc(C(C)C)c1CC(=O)CS(=O)(=O)c1cnn2c1COCC2. The standard InChI is InChI=1S/C21H27FN2O4S/c1-13(2)17-7-15(22)8-18(14(3)4)19(17)9-16(25)12-29(26,27)21-10-23-24-5-6-28-11-20(21)24/h7-8,10,13-14H,5-6,9,11-12H2,1-4H3. The summed E-state index contributed by atoms with van der Waals surface area (Å²) in [5, 5.41) is 4.10. The van der Waals surface area contributed by atoms with Gasteiger partial charge in [0.05, 0.1) is 31.6 Å². The second-order valence-electron chi connectivity index (χ2n) is 8.08. The van der Waals surface area contributed by atoms with Gasteiger partial charge < -0.3 is 4.74 Å². The number of Topliss-reactive ketones (excluding diaryl/α,β-unsaturated/α-hetero) is 1. The molecule has 1 aliphatic heterocycles. The Labute approximate surface area is 171 Å². The van der Waals surface area contributed by atoms with Crippen molar-refractivity contribution in [2.45, 2.75) is 64.0 Å². The molecule has 0 unspecified atom stereocenters. The number of carbonyl (C=O) groups excluding carboxylic acids is 1. The first kappa shape index (κ1) is 21.6. The fraction of sp³-hybridized carbons (Fsp3) is 0.524. The van der Waals surface area contributed by atoms with Crippen LogP contribution in [0, 0.1) is 5.82 Å². The van der Waals surface area contributed by atoms with Crippen LogP contribution in [0.4, 0.5) is 4.39 Å². The van der Waals surface area contributed by atoms with Crippen LogP contribution >= 0.6 is 0 Å². The number of fused-ring (bicyclic) bond motifs is 1. The lowest BCUT2D eigenvalue weighted by atomic mass is 9.86. The van der Waals surface area contributed by atoms with E-state index in [1.807, 2.05) is 27.7 Å². The Hall–Kier alpha value is -2.06. The molecule has 8 heteroatoms. The van der Waals surface area contributed by atoms with Gasteiger partial charge in [-0.25, -0.2) is 12.8 Å². The Morgan fingerprint density at radius 2 is 1.83 bits per heavy atom. The predicted octanol–water partition coefficient (Wildman–Crippen LogP) is 3.38. The smallest absolute Gasteiger partial charge is 0.188 e. The Bertz CT molecular complexity index is 996. The molecule has 0 N–H and O–H groups in total. The van der Waals surface area contributed by atoms with E-state index in [0.717, 1.165) is 16.7 Å². The highest BCUT2D eigenvalue weighted by molar-refractivity contribution is 7.92. The minimum absolute atomic E-state index is 0.0162. The van der Waals surface area contributed by atoms with E-state index in [4.69, 9.17) is 4.74 Å². The van der Waals surface area contributed by atoms with Crippen LogP contribution in [0.3, 0.4) is 0 Å². The summed E-state index contributed by atoms with van der Waals surface area (Å²) in [6.07, 6.45) is 1.25. The van der Waals surface area contributed by atoms with Crippen molar-refractivity contribution < 1.29 is 22.3 Å². The third-order valence-electron chi connectivity index (χ3n) is 5.18. The lowest BCUT2D eigenvalue weighted by Gasteiger charge is -2.20. The molecule has 3 rings (SSSR count). The summed E-state index contributed by atoms with van der Waals surface area (Å²) in [7, 11) is -3.84. The molecule has 1 aromatic heterocycles. The number of benzene rings is 1.